The molecule has 2 unspecified atom stereocenters. The largest absolute Gasteiger partial charge is 0.493 e. The number of para-hydroxylation sites is 1. The molecule has 2 fully saturated rings. The lowest BCUT2D eigenvalue weighted by Gasteiger charge is -2.29. The molecular formula is C16H24N2O2. The molecule has 2 atom stereocenters. The Balaban J connectivity index is 2.00. The molecule has 1 heterocycles. The van der Waals surface area contributed by atoms with Gasteiger partial charge in [0.15, 0.2) is 11.5 Å². The predicted octanol–water partition coefficient (Wildman–Crippen LogP) is 2.19. The monoisotopic (exact) mass is 276 g/mol. The van der Waals surface area contributed by atoms with Gasteiger partial charge in [-0.15, -0.1) is 0 Å². The summed E-state index contributed by atoms with van der Waals surface area (Å²) in [5.41, 5.74) is 7.24. The maximum absolute atomic E-state index is 6.01. The summed E-state index contributed by atoms with van der Waals surface area (Å²) >= 11 is 0. The minimum absolute atomic E-state index is 0.373. The van der Waals surface area contributed by atoms with E-state index in [1.165, 1.54) is 24.8 Å². The molecule has 0 amide bonds. The highest BCUT2D eigenvalue weighted by Gasteiger charge is 2.43. The van der Waals surface area contributed by atoms with Crippen LogP contribution >= 0.6 is 0 Å². The maximum atomic E-state index is 6.01. The molecule has 1 aliphatic carbocycles. The molecule has 0 spiro atoms. The van der Waals surface area contributed by atoms with Crippen molar-refractivity contribution in [3.8, 4) is 11.5 Å². The van der Waals surface area contributed by atoms with Crippen molar-refractivity contribution in [3.05, 3.63) is 23.8 Å². The van der Waals surface area contributed by atoms with Crippen LogP contribution in [0.4, 0.5) is 0 Å². The number of hydrogen-bond donors (Lipinski definition) is 1. The molecule has 110 valence electrons. The molecule has 2 aliphatic rings. The van der Waals surface area contributed by atoms with Crippen molar-refractivity contribution >= 4 is 0 Å². The van der Waals surface area contributed by atoms with E-state index in [0.717, 1.165) is 30.6 Å². The van der Waals surface area contributed by atoms with E-state index >= 15 is 0 Å². The van der Waals surface area contributed by atoms with Gasteiger partial charge in [0.2, 0.25) is 0 Å². The number of likely N-dealkylation sites (tertiary alicyclic amines) is 1. The van der Waals surface area contributed by atoms with E-state index < -0.39 is 0 Å². The van der Waals surface area contributed by atoms with E-state index in [-0.39, 0.29) is 0 Å². The van der Waals surface area contributed by atoms with Crippen LogP contribution in [0.2, 0.25) is 0 Å². The number of hydrogen-bond acceptors (Lipinski definition) is 4. The van der Waals surface area contributed by atoms with Gasteiger partial charge in [-0.05, 0) is 44.3 Å². The highest BCUT2D eigenvalue weighted by atomic mass is 16.5. The summed E-state index contributed by atoms with van der Waals surface area (Å²) in [6, 6.07) is 7.28. The summed E-state index contributed by atoms with van der Waals surface area (Å²) in [4.78, 5) is 2.62. The Morgan fingerprint density at radius 3 is 2.60 bits per heavy atom. The zero-order valence-corrected chi connectivity index (χ0v) is 12.3. The minimum Gasteiger partial charge on any atom is -0.493 e. The fourth-order valence-corrected chi connectivity index (χ4v) is 3.52. The first kappa shape index (κ1) is 13.7. The van der Waals surface area contributed by atoms with Gasteiger partial charge in [-0.25, -0.2) is 0 Å². The molecule has 0 radical (unpaired) electrons. The maximum Gasteiger partial charge on any atom is 0.165 e. The Kier molecular flexibility index (Phi) is 3.85. The second-order valence-corrected chi connectivity index (χ2v) is 5.78. The molecule has 0 aromatic heterocycles. The Labute approximate surface area is 120 Å². The van der Waals surface area contributed by atoms with Crippen molar-refractivity contribution in [2.45, 2.75) is 31.3 Å². The van der Waals surface area contributed by atoms with E-state index in [1.807, 2.05) is 12.1 Å². The average molecular weight is 276 g/mol. The lowest BCUT2D eigenvalue weighted by molar-refractivity contribution is 0.214. The molecule has 4 nitrogen and oxygen atoms in total. The average Bonchev–Trinajstić information content (AvgIpc) is 3.25. The first-order chi connectivity index (χ1) is 9.80. The third kappa shape index (κ3) is 2.27. The minimum atomic E-state index is 0.373. The van der Waals surface area contributed by atoms with Crippen LogP contribution in [0.3, 0.4) is 0 Å². The van der Waals surface area contributed by atoms with Gasteiger partial charge in [0.25, 0.3) is 0 Å². The van der Waals surface area contributed by atoms with E-state index in [1.54, 1.807) is 14.2 Å². The molecule has 3 rings (SSSR count). The second-order valence-electron chi connectivity index (χ2n) is 5.78. The summed E-state index contributed by atoms with van der Waals surface area (Å²) in [7, 11) is 3.41. The fraction of sp³-hybridized carbons (Fsp3) is 0.625. The highest BCUT2D eigenvalue weighted by Crippen LogP contribution is 2.48. The Hall–Kier alpha value is -1.26. The predicted molar refractivity (Wildman–Crippen MR) is 79.2 cm³/mol. The molecule has 20 heavy (non-hydrogen) atoms. The summed E-state index contributed by atoms with van der Waals surface area (Å²) in [6.07, 6.45) is 3.82. The molecular weight excluding hydrogens is 252 g/mol. The van der Waals surface area contributed by atoms with E-state index in [0.29, 0.717) is 12.0 Å². The molecule has 1 aliphatic heterocycles. The third-order valence-corrected chi connectivity index (χ3v) is 4.63. The Bertz CT molecular complexity index is 474. The Morgan fingerprint density at radius 1 is 1.20 bits per heavy atom. The molecule has 1 saturated carbocycles. The van der Waals surface area contributed by atoms with Crippen LogP contribution in [0.5, 0.6) is 11.5 Å². The van der Waals surface area contributed by atoms with Gasteiger partial charge in [0.05, 0.1) is 14.2 Å². The van der Waals surface area contributed by atoms with Gasteiger partial charge < -0.3 is 15.2 Å². The van der Waals surface area contributed by atoms with Crippen molar-refractivity contribution in [1.82, 2.24) is 4.90 Å². The number of methoxy groups -OCH3 is 2. The zero-order chi connectivity index (χ0) is 14.1. The number of nitrogens with zero attached hydrogens (tertiary/aromatic N) is 1. The molecule has 1 aromatic rings. The van der Waals surface area contributed by atoms with E-state index in [9.17, 15) is 0 Å². The molecule has 4 heteroatoms. The fourth-order valence-electron chi connectivity index (χ4n) is 3.52. The molecule has 1 aromatic carbocycles. The van der Waals surface area contributed by atoms with Gasteiger partial charge >= 0.3 is 0 Å². The highest BCUT2D eigenvalue weighted by molar-refractivity contribution is 5.48. The van der Waals surface area contributed by atoms with Crippen LogP contribution < -0.4 is 15.2 Å². The van der Waals surface area contributed by atoms with E-state index in [2.05, 4.69) is 11.0 Å². The number of ether oxygens (including phenoxy) is 2. The zero-order valence-electron chi connectivity index (χ0n) is 12.3. The Morgan fingerprint density at radius 2 is 2.00 bits per heavy atom. The van der Waals surface area contributed by atoms with Crippen LogP contribution in [0.15, 0.2) is 18.2 Å². The van der Waals surface area contributed by atoms with Crippen molar-refractivity contribution in [2.24, 2.45) is 11.7 Å². The topological polar surface area (TPSA) is 47.7 Å². The van der Waals surface area contributed by atoms with Gasteiger partial charge in [0, 0.05) is 17.6 Å². The molecule has 2 N–H and O–H groups in total. The molecule has 1 saturated heterocycles. The van der Waals surface area contributed by atoms with Gasteiger partial charge in [-0.1, -0.05) is 12.1 Å². The van der Waals surface area contributed by atoms with Crippen molar-refractivity contribution in [2.75, 3.05) is 27.3 Å². The van der Waals surface area contributed by atoms with Gasteiger partial charge in [0.1, 0.15) is 0 Å². The van der Waals surface area contributed by atoms with Crippen LogP contribution in [0.1, 0.15) is 30.9 Å². The van der Waals surface area contributed by atoms with Crippen molar-refractivity contribution in [1.29, 1.82) is 0 Å². The van der Waals surface area contributed by atoms with Crippen LogP contribution in [0.25, 0.3) is 0 Å². The summed E-state index contributed by atoms with van der Waals surface area (Å²) in [6.45, 7) is 1.88. The third-order valence-electron chi connectivity index (χ3n) is 4.63. The van der Waals surface area contributed by atoms with Crippen LogP contribution in [0, 0.1) is 5.92 Å². The first-order valence-corrected chi connectivity index (χ1v) is 7.46. The van der Waals surface area contributed by atoms with Gasteiger partial charge in [-0.3, -0.25) is 4.90 Å². The second kappa shape index (κ2) is 5.62. The number of nitrogens with two attached hydrogens (primary N) is 1. The number of benzene rings is 1. The standard InChI is InChI=1S/C16H24N2O2/c1-19-14-5-3-4-13(16(14)20-2)15-11(10-17)8-9-18(15)12-6-7-12/h3-5,11-12,15H,6-10,17H2,1-2H3. The van der Waals surface area contributed by atoms with Crippen LogP contribution in [-0.2, 0) is 0 Å². The smallest absolute Gasteiger partial charge is 0.165 e. The summed E-state index contributed by atoms with van der Waals surface area (Å²) < 4.78 is 11.1. The van der Waals surface area contributed by atoms with E-state index in [4.69, 9.17) is 15.2 Å². The lowest BCUT2D eigenvalue weighted by Crippen LogP contribution is -2.30. The van der Waals surface area contributed by atoms with Gasteiger partial charge in [-0.2, -0.15) is 0 Å². The summed E-state index contributed by atoms with van der Waals surface area (Å²) in [5, 5.41) is 0. The quantitative estimate of drug-likeness (QED) is 0.895. The lowest BCUT2D eigenvalue weighted by atomic mass is 9.92. The number of rotatable bonds is 5. The van der Waals surface area contributed by atoms with Crippen molar-refractivity contribution in [3.63, 3.8) is 0 Å². The summed E-state index contributed by atoms with van der Waals surface area (Å²) in [5.74, 6) is 2.19. The normalized spacial score (nSPS) is 26.8. The van der Waals surface area contributed by atoms with Crippen LogP contribution in [-0.4, -0.2) is 38.3 Å². The SMILES string of the molecule is COc1cccc(C2C(CN)CCN2C2CC2)c1OC. The van der Waals surface area contributed by atoms with Crippen molar-refractivity contribution < 1.29 is 9.47 Å². The molecule has 0 bridgehead atoms. The first-order valence-electron chi connectivity index (χ1n) is 7.46.